The molecule has 2 aromatic rings. The summed E-state index contributed by atoms with van der Waals surface area (Å²) in [7, 11) is 1.65. The van der Waals surface area contributed by atoms with Crippen molar-refractivity contribution in [3.8, 4) is 11.5 Å². The van der Waals surface area contributed by atoms with Crippen molar-refractivity contribution in [2.24, 2.45) is 0 Å². The molecule has 2 aromatic carbocycles. The van der Waals surface area contributed by atoms with E-state index < -0.39 is 0 Å². The van der Waals surface area contributed by atoms with Gasteiger partial charge in [-0.1, -0.05) is 23.7 Å². The summed E-state index contributed by atoms with van der Waals surface area (Å²) in [6.45, 7) is 5.23. The van der Waals surface area contributed by atoms with Crippen LogP contribution >= 0.6 is 11.6 Å². The van der Waals surface area contributed by atoms with Crippen LogP contribution in [0.3, 0.4) is 0 Å². The Morgan fingerprint density at radius 1 is 1.14 bits per heavy atom. The van der Waals surface area contributed by atoms with Crippen LogP contribution in [0.1, 0.15) is 18.1 Å². The first kappa shape index (κ1) is 15.5. The Bertz CT molecular complexity index is 614. The lowest BCUT2D eigenvalue weighted by Gasteiger charge is -2.15. The zero-order valence-corrected chi connectivity index (χ0v) is 13.3. The normalized spacial score (nSPS) is 10.3. The summed E-state index contributed by atoms with van der Waals surface area (Å²) >= 11 is 6.25. The van der Waals surface area contributed by atoms with Gasteiger partial charge in [-0.25, -0.2) is 0 Å². The SMILES string of the molecule is CCOc1cc(C)ccc1NCc1c(Cl)cccc1OC. The van der Waals surface area contributed by atoms with Crippen LogP contribution in [0.5, 0.6) is 11.5 Å². The largest absolute Gasteiger partial charge is 0.496 e. The van der Waals surface area contributed by atoms with E-state index >= 15 is 0 Å². The molecule has 0 heterocycles. The number of hydrogen-bond donors (Lipinski definition) is 1. The minimum absolute atomic E-state index is 0.575. The summed E-state index contributed by atoms with van der Waals surface area (Å²) in [6, 6.07) is 11.7. The molecule has 3 nitrogen and oxygen atoms in total. The van der Waals surface area contributed by atoms with E-state index in [9.17, 15) is 0 Å². The Hall–Kier alpha value is -1.87. The minimum Gasteiger partial charge on any atom is -0.496 e. The molecule has 0 amide bonds. The van der Waals surface area contributed by atoms with Crippen LogP contribution in [0.4, 0.5) is 5.69 Å². The van der Waals surface area contributed by atoms with Crippen molar-refractivity contribution in [2.75, 3.05) is 19.0 Å². The van der Waals surface area contributed by atoms with Crippen LogP contribution in [0.25, 0.3) is 0 Å². The molecule has 0 bridgehead atoms. The molecule has 0 spiro atoms. The van der Waals surface area contributed by atoms with Crippen molar-refractivity contribution < 1.29 is 9.47 Å². The molecule has 0 saturated carbocycles. The van der Waals surface area contributed by atoms with E-state index in [0.717, 1.165) is 22.7 Å². The van der Waals surface area contributed by atoms with E-state index in [1.807, 2.05) is 44.2 Å². The van der Waals surface area contributed by atoms with Crippen LogP contribution in [0.15, 0.2) is 36.4 Å². The monoisotopic (exact) mass is 305 g/mol. The standard InChI is InChI=1S/C17H20ClNO2/c1-4-21-17-10-12(2)8-9-15(17)19-11-13-14(18)6-5-7-16(13)20-3/h5-10,19H,4,11H2,1-3H3. The molecule has 0 aromatic heterocycles. The van der Waals surface area contributed by atoms with Crippen molar-refractivity contribution in [3.63, 3.8) is 0 Å². The molecule has 0 unspecified atom stereocenters. The molecule has 21 heavy (non-hydrogen) atoms. The van der Waals surface area contributed by atoms with Crippen LogP contribution in [-0.2, 0) is 6.54 Å². The molecular weight excluding hydrogens is 286 g/mol. The molecule has 0 aliphatic rings. The molecule has 0 saturated heterocycles. The first-order valence-electron chi connectivity index (χ1n) is 6.94. The van der Waals surface area contributed by atoms with E-state index in [-0.39, 0.29) is 0 Å². The fraction of sp³-hybridized carbons (Fsp3) is 0.294. The summed E-state index contributed by atoms with van der Waals surface area (Å²) in [5.41, 5.74) is 3.05. The number of aryl methyl sites for hydroxylation is 1. The van der Waals surface area contributed by atoms with Crippen LogP contribution in [-0.4, -0.2) is 13.7 Å². The highest BCUT2D eigenvalue weighted by molar-refractivity contribution is 6.31. The molecule has 4 heteroatoms. The quantitative estimate of drug-likeness (QED) is 0.841. The number of hydrogen-bond acceptors (Lipinski definition) is 3. The predicted octanol–water partition coefficient (Wildman–Crippen LogP) is 4.67. The maximum absolute atomic E-state index is 6.25. The van der Waals surface area contributed by atoms with Gasteiger partial charge in [-0.05, 0) is 43.7 Å². The van der Waals surface area contributed by atoms with Crippen LogP contribution in [0, 0.1) is 6.92 Å². The molecule has 112 valence electrons. The zero-order valence-electron chi connectivity index (χ0n) is 12.6. The summed E-state index contributed by atoms with van der Waals surface area (Å²) in [4.78, 5) is 0. The molecule has 0 aliphatic heterocycles. The van der Waals surface area contributed by atoms with Crippen LogP contribution < -0.4 is 14.8 Å². The van der Waals surface area contributed by atoms with Gasteiger partial charge in [-0.15, -0.1) is 0 Å². The summed E-state index contributed by atoms with van der Waals surface area (Å²) in [5.74, 6) is 1.63. The fourth-order valence-electron chi connectivity index (χ4n) is 2.14. The fourth-order valence-corrected chi connectivity index (χ4v) is 2.37. The second kappa shape index (κ2) is 7.23. The van der Waals surface area contributed by atoms with Gasteiger partial charge in [0.25, 0.3) is 0 Å². The molecule has 1 N–H and O–H groups in total. The van der Waals surface area contributed by atoms with Crippen molar-refractivity contribution in [2.45, 2.75) is 20.4 Å². The zero-order chi connectivity index (χ0) is 15.2. The number of benzene rings is 2. The van der Waals surface area contributed by atoms with Crippen molar-refractivity contribution in [1.29, 1.82) is 0 Å². The number of halogens is 1. The average molecular weight is 306 g/mol. The third kappa shape index (κ3) is 3.82. The van der Waals surface area contributed by atoms with Gasteiger partial charge in [0.15, 0.2) is 0 Å². The van der Waals surface area contributed by atoms with Gasteiger partial charge in [-0.3, -0.25) is 0 Å². The highest BCUT2D eigenvalue weighted by Gasteiger charge is 2.09. The Balaban J connectivity index is 2.20. The Morgan fingerprint density at radius 3 is 2.67 bits per heavy atom. The number of rotatable bonds is 6. The van der Waals surface area contributed by atoms with Gasteiger partial charge < -0.3 is 14.8 Å². The lowest BCUT2D eigenvalue weighted by atomic mass is 10.1. The van der Waals surface area contributed by atoms with Crippen LogP contribution in [0.2, 0.25) is 5.02 Å². The predicted molar refractivity (Wildman–Crippen MR) is 87.7 cm³/mol. The van der Waals surface area contributed by atoms with Gasteiger partial charge in [0.05, 0.1) is 19.4 Å². The molecule has 0 radical (unpaired) electrons. The van der Waals surface area contributed by atoms with Crippen molar-refractivity contribution >= 4 is 17.3 Å². The minimum atomic E-state index is 0.575. The maximum atomic E-state index is 6.25. The van der Waals surface area contributed by atoms with Crippen molar-refractivity contribution in [1.82, 2.24) is 0 Å². The second-order valence-electron chi connectivity index (χ2n) is 4.71. The Labute approximate surface area is 130 Å². The lowest BCUT2D eigenvalue weighted by Crippen LogP contribution is -2.05. The van der Waals surface area contributed by atoms with Crippen molar-refractivity contribution in [3.05, 3.63) is 52.5 Å². The number of ether oxygens (including phenoxy) is 2. The first-order chi connectivity index (χ1) is 10.2. The lowest BCUT2D eigenvalue weighted by molar-refractivity contribution is 0.341. The van der Waals surface area contributed by atoms with Gasteiger partial charge in [0.2, 0.25) is 0 Å². The smallest absolute Gasteiger partial charge is 0.142 e. The molecule has 0 fully saturated rings. The Kier molecular flexibility index (Phi) is 5.34. The molecule has 0 atom stereocenters. The highest BCUT2D eigenvalue weighted by atomic mass is 35.5. The third-order valence-electron chi connectivity index (χ3n) is 3.19. The first-order valence-corrected chi connectivity index (χ1v) is 7.32. The third-order valence-corrected chi connectivity index (χ3v) is 3.54. The Morgan fingerprint density at radius 2 is 1.95 bits per heavy atom. The van der Waals surface area contributed by atoms with Gasteiger partial charge in [0.1, 0.15) is 11.5 Å². The average Bonchev–Trinajstić information content (AvgIpc) is 2.47. The topological polar surface area (TPSA) is 30.5 Å². The number of methoxy groups -OCH3 is 1. The molecule has 0 aliphatic carbocycles. The second-order valence-corrected chi connectivity index (χ2v) is 5.11. The molecular formula is C17H20ClNO2. The van der Waals surface area contributed by atoms with E-state index in [0.29, 0.717) is 18.2 Å². The van der Waals surface area contributed by atoms with Gasteiger partial charge in [-0.2, -0.15) is 0 Å². The summed E-state index contributed by atoms with van der Waals surface area (Å²) in [6.07, 6.45) is 0. The van der Waals surface area contributed by atoms with E-state index in [4.69, 9.17) is 21.1 Å². The van der Waals surface area contributed by atoms with Gasteiger partial charge >= 0.3 is 0 Å². The van der Waals surface area contributed by atoms with Gasteiger partial charge in [0, 0.05) is 17.1 Å². The maximum Gasteiger partial charge on any atom is 0.142 e. The number of nitrogens with one attached hydrogen (secondary N) is 1. The number of anilines is 1. The van der Waals surface area contributed by atoms with E-state index in [2.05, 4.69) is 11.4 Å². The van der Waals surface area contributed by atoms with E-state index in [1.54, 1.807) is 7.11 Å². The highest BCUT2D eigenvalue weighted by Crippen LogP contribution is 2.30. The van der Waals surface area contributed by atoms with E-state index in [1.165, 1.54) is 5.56 Å². The summed E-state index contributed by atoms with van der Waals surface area (Å²) in [5, 5.41) is 4.05. The summed E-state index contributed by atoms with van der Waals surface area (Å²) < 4.78 is 11.0. The molecule has 2 rings (SSSR count).